The molecule has 1 rings (SSSR count). The van der Waals surface area contributed by atoms with E-state index in [1.165, 1.54) is 0 Å². The number of nitrogens with two attached hydrogens (primary N) is 1. The van der Waals surface area contributed by atoms with E-state index in [1.807, 2.05) is 31.1 Å². The summed E-state index contributed by atoms with van der Waals surface area (Å²) in [7, 11) is 5.49. The molecule has 0 aliphatic carbocycles. The number of hydrogen-bond acceptors (Lipinski definition) is 5. The van der Waals surface area contributed by atoms with E-state index < -0.39 is 0 Å². The number of anilines is 2. The predicted molar refractivity (Wildman–Crippen MR) is 80.2 cm³/mol. The lowest BCUT2D eigenvalue weighted by Crippen LogP contribution is -2.30. The molecule has 0 aromatic heterocycles. The monoisotopic (exact) mass is 281 g/mol. The molecule has 20 heavy (non-hydrogen) atoms. The van der Waals surface area contributed by atoms with Gasteiger partial charge in [-0.15, -0.1) is 0 Å². The molecule has 0 unspecified atom stereocenters. The van der Waals surface area contributed by atoms with Crippen LogP contribution in [0.25, 0.3) is 0 Å². The summed E-state index contributed by atoms with van der Waals surface area (Å²) in [5.74, 6) is 0.346. The van der Waals surface area contributed by atoms with Crippen LogP contribution in [-0.2, 0) is 9.53 Å². The lowest BCUT2D eigenvalue weighted by Gasteiger charge is -2.15. The number of amides is 1. The number of nitrogen functional groups attached to an aromatic ring is 1. The molecular weight excluding hydrogens is 258 g/mol. The SMILES string of the molecule is COCCCNC(=O)COc1cc(N(C)C)ccc1N. The Morgan fingerprint density at radius 1 is 1.40 bits per heavy atom. The van der Waals surface area contributed by atoms with Crippen LogP contribution in [0.15, 0.2) is 18.2 Å². The van der Waals surface area contributed by atoms with Gasteiger partial charge in [0, 0.05) is 46.1 Å². The van der Waals surface area contributed by atoms with Crippen LogP contribution >= 0.6 is 0 Å². The zero-order valence-corrected chi connectivity index (χ0v) is 12.3. The molecule has 0 aliphatic rings. The van der Waals surface area contributed by atoms with Crippen LogP contribution in [0.2, 0.25) is 0 Å². The molecule has 6 heteroatoms. The number of carbonyl (C=O) groups excluding carboxylic acids is 1. The molecule has 0 spiro atoms. The summed E-state index contributed by atoms with van der Waals surface area (Å²) in [6.07, 6.45) is 0.778. The van der Waals surface area contributed by atoms with Crippen molar-refractivity contribution in [3.8, 4) is 5.75 Å². The summed E-state index contributed by atoms with van der Waals surface area (Å²) in [6.45, 7) is 1.15. The number of carbonyl (C=O) groups is 1. The van der Waals surface area contributed by atoms with E-state index in [9.17, 15) is 4.79 Å². The molecular formula is C14H23N3O3. The zero-order chi connectivity index (χ0) is 15.0. The van der Waals surface area contributed by atoms with Crippen LogP contribution in [0.5, 0.6) is 5.75 Å². The van der Waals surface area contributed by atoms with Gasteiger partial charge in [0.1, 0.15) is 5.75 Å². The van der Waals surface area contributed by atoms with Gasteiger partial charge < -0.3 is 25.4 Å². The summed E-state index contributed by atoms with van der Waals surface area (Å²) in [6, 6.07) is 5.47. The van der Waals surface area contributed by atoms with Crippen molar-refractivity contribution < 1.29 is 14.3 Å². The van der Waals surface area contributed by atoms with Crippen molar-refractivity contribution >= 4 is 17.3 Å². The second-order valence-corrected chi connectivity index (χ2v) is 4.60. The second kappa shape index (κ2) is 8.27. The Balaban J connectivity index is 2.44. The summed E-state index contributed by atoms with van der Waals surface area (Å²) in [5, 5.41) is 2.75. The maximum absolute atomic E-state index is 11.6. The van der Waals surface area contributed by atoms with E-state index in [0.717, 1.165) is 12.1 Å². The Morgan fingerprint density at radius 3 is 2.80 bits per heavy atom. The molecule has 0 saturated carbocycles. The van der Waals surface area contributed by atoms with Crippen molar-refractivity contribution in [1.82, 2.24) is 5.32 Å². The van der Waals surface area contributed by atoms with Crippen LogP contribution in [0.3, 0.4) is 0 Å². The first kappa shape index (κ1) is 16.1. The minimum absolute atomic E-state index is 0.0476. The highest BCUT2D eigenvalue weighted by Crippen LogP contribution is 2.26. The molecule has 0 heterocycles. The third-order valence-corrected chi connectivity index (χ3v) is 2.72. The van der Waals surface area contributed by atoms with Crippen molar-refractivity contribution in [3.63, 3.8) is 0 Å². The number of ether oxygens (including phenoxy) is 2. The van der Waals surface area contributed by atoms with Crippen molar-refractivity contribution in [2.24, 2.45) is 0 Å². The minimum Gasteiger partial charge on any atom is -0.482 e. The van der Waals surface area contributed by atoms with Gasteiger partial charge in [0.05, 0.1) is 5.69 Å². The average molecular weight is 281 g/mol. The molecule has 1 aromatic carbocycles. The van der Waals surface area contributed by atoms with Gasteiger partial charge in [0.15, 0.2) is 6.61 Å². The molecule has 3 N–H and O–H groups in total. The van der Waals surface area contributed by atoms with E-state index in [1.54, 1.807) is 13.2 Å². The molecule has 0 radical (unpaired) electrons. The fourth-order valence-corrected chi connectivity index (χ4v) is 1.56. The van der Waals surface area contributed by atoms with Crippen molar-refractivity contribution in [1.29, 1.82) is 0 Å². The second-order valence-electron chi connectivity index (χ2n) is 4.60. The maximum Gasteiger partial charge on any atom is 0.257 e. The van der Waals surface area contributed by atoms with E-state index in [-0.39, 0.29) is 12.5 Å². The molecule has 1 aromatic rings. The summed E-state index contributed by atoms with van der Waals surface area (Å²) in [5.41, 5.74) is 7.31. The van der Waals surface area contributed by atoms with Gasteiger partial charge in [0.25, 0.3) is 5.91 Å². The Labute approximate surface area is 119 Å². The first-order valence-electron chi connectivity index (χ1n) is 6.50. The highest BCUT2D eigenvalue weighted by atomic mass is 16.5. The van der Waals surface area contributed by atoms with Gasteiger partial charge in [-0.3, -0.25) is 4.79 Å². The molecule has 112 valence electrons. The van der Waals surface area contributed by atoms with Crippen LogP contribution in [-0.4, -0.2) is 46.9 Å². The Kier molecular flexibility index (Phi) is 6.66. The normalized spacial score (nSPS) is 10.2. The molecule has 0 saturated heterocycles. The number of hydrogen-bond donors (Lipinski definition) is 2. The molecule has 0 atom stereocenters. The number of benzene rings is 1. The number of rotatable bonds is 8. The Hall–Kier alpha value is -1.95. The van der Waals surface area contributed by atoms with E-state index >= 15 is 0 Å². The van der Waals surface area contributed by atoms with E-state index in [2.05, 4.69) is 5.32 Å². The van der Waals surface area contributed by atoms with Crippen LogP contribution in [0.1, 0.15) is 6.42 Å². The van der Waals surface area contributed by atoms with E-state index in [4.69, 9.17) is 15.2 Å². The summed E-state index contributed by atoms with van der Waals surface area (Å²) >= 11 is 0. The van der Waals surface area contributed by atoms with Gasteiger partial charge in [-0.25, -0.2) is 0 Å². The van der Waals surface area contributed by atoms with Crippen LogP contribution in [0, 0.1) is 0 Å². The molecule has 0 aliphatic heterocycles. The van der Waals surface area contributed by atoms with Crippen molar-refractivity contribution in [2.45, 2.75) is 6.42 Å². The van der Waals surface area contributed by atoms with Gasteiger partial charge in [0.2, 0.25) is 0 Å². The quantitative estimate of drug-likeness (QED) is 0.546. The number of nitrogens with one attached hydrogen (secondary N) is 1. The first-order valence-corrected chi connectivity index (χ1v) is 6.50. The lowest BCUT2D eigenvalue weighted by molar-refractivity contribution is -0.123. The molecule has 0 fully saturated rings. The third kappa shape index (κ3) is 5.36. The maximum atomic E-state index is 11.6. The topological polar surface area (TPSA) is 76.8 Å². The Morgan fingerprint density at radius 2 is 2.15 bits per heavy atom. The standard InChI is InChI=1S/C14H23N3O3/c1-17(2)11-5-6-12(15)13(9-11)20-10-14(18)16-7-4-8-19-3/h5-6,9H,4,7-8,10,15H2,1-3H3,(H,16,18). The largest absolute Gasteiger partial charge is 0.482 e. The Bertz CT molecular complexity index is 436. The van der Waals surface area contributed by atoms with Crippen LogP contribution < -0.4 is 20.7 Å². The molecule has 6 nitrogen and oxygen atoms in total. The van der Waals surface area contributed by atoms with Gasteiger partial charge >= 0.3 is 0 Å². The van der Waals surface area contributed by atoms with Gasteiger partial charge in [-0.05, 0) is 18.6 Å². The summed E-state index contributed by atoms with van der Waals surface area (Å²) < 4.78 is 10.4. The number of nitrogens with zero attached hydrogens (tertiary/aromatic N) is 1. The minimum atomic E-state index is -0.171. The highest BCUT2D eigenvalue weighted by molar-refractivity contribution is 5.77. The molecule has 0 bridgehead atoms. The average Bonchev–Trinajstić information content (AvgIpc) is 2.42. The van der Waals surface area contributed by atoms with Crippen LogP contribution in [0.4, 0.5) is 11.4 Å². The van der Waals surface area contributed by atoms with Crippen molar-refractivity contribution in [3.05, 3.63) is 18.2 Å². The zero-order valence-electron chi connectivity index (χ0n) is 12.3. The lowest BCUT2D eigenvalue weighted by atomic mass is 10.2. The number of methoxy groups -OCH3 is 1. The summed E-state index contributed by atoms with van der Waals surface area (Å²) in [4.78, 5) is 13.5. The van der Waals surface area contributed by atoms with Gasteiger partial charge in [-0.2, -0.15) is 0 Å². The van der Waals surface area contributed by atoms with Crippen molar-refractivity contribution in [2.75, 3.05) is 51.6 Å². The fraction of sp³-hybridized carbons (Fsp3) is 0.500. The predicted octanol–water partition coefficient (Wildman–Crippen LogP) is 0.866. The smallest absolute Gasteiger partial charge is 0.257 e. The van der Waals surface area contributed by atoms with E-state index in [0.29, 0.717) is 24.6 Å². The molecule has 1 amide bonds. The third-order valence-electron chi connectivity index (χ3n) is 2.72. The fourth-order valence-electron chi connectivity index (χ4n) is 1.56. The van der Waals surface area contributed by atoms with Gasteiger partial charge in [-0.1, -0.05) is 0 Å². The first-order chi connectivity index (χ1) is 9.54. The highest BCUT2D eigenvalue weighted by Gasteiger charge is 2.07.